The highest BCUT2D eigenvalue weighted by molar-refractivity contribution is 6.12. The van der Waals surface area contributed by atoms with Crippen LogP contribution in [0, 0.1) is 0 Å². The Labute approximate surface area is 128 Å². The van der Waals surface area contributed by atoms with Gasteiger partial charge in [0.1, 0.15) is 0 Å². The lowest BCUT2D eigenvalue weighted by atomic mass is 10.1. The molecule has 0 aliphatic heterocycles. The number of hydrogen-bond donors (Lipinski definition) is 1. The van der Waals surface area contributed by atoms with E-state index in [1.807, 2.05) is 37.5 Å². The van der Waals surface area contributed by atoms with E-state index >= 15 is 0 Å². The zero-order chi connectivity index (χ0) is 15.5. The Morgan fingerprint density at radius 3 is 2.86 bits per heavy atom. The molecule has 0 fully saturated rings. The molecular weight excluding hydrogens is 280 g/mol. The summed E-state index contributed by atoms with van der Waals surface area (Å²) in [5, 5.41) is 7.91. The minimum atomic E-state index is -0.159. The second-order valence-corrected chi connectivity index (χ2v) is 5.07. The van der Waals surface area contributed by atoms with Crippen LogP contribution in [-0.2, 0) is 18.3 Å². The predicted octanol–water partition coefficient (Wildman–Crippen LogP) is 2.27. The monoisotopic (exact) mass is 298 g/mol. The highest BCUT2D eigenvalue weighted by atomic mass is 16.5. The molecule has 0 radical (unpaired) electrons. The molecule has 0 unspecified atom stereocenters. The van der Waals surface area contributed by atoms with Crippen molar-refractivity contribution in [2.24, 2.45) is 7.05 Å². The second-order valence-electron chi connectivity index (χ2n) is 5.07. The first-order chi connectivity index (χ1) is 10.7. The quantitative estimate of drug-likeness (QED) is 0.786. The largest absolute Gasteiger partial charge is 0.383 e. The number of nitrogens with zero attached hydrogens (tertiary/aromatic N) is 3. The van der Waals surface area contributed by atoms with Crippen molar-refractivity contribution in [2.45, 2.75) is 6.54 Å². The van der Waals surface area contributed by atoms with Crippen LogP contribution in [0.1, 0.15) is 10.4 Å². The Balaban J connectivity index is 1.90. The van der Waals surface area contributed by atoms with Crippen molar-refractivity contribution in [1.29, 1.82) is 0 Å². The number of rotatable bonds is 5. The Kier molecular flexibility index (Phi) is 3.93. The fourth-order valence-corrected chi connectivity index (χ4v) is 2.47. The van der Waals surface area contributed by atoms with Gasteiger partial charge in [-0.15, -0.1) is 0 Å². The van der Waals surface area contributed by atoms with Gasteiger partial charge in [0.15, 0.2) is 5.82 Å². The van der Waals surface area contributed by atoms with Gasteiger partial charge in [0.25, 0.3) is 5.91 Å². The maximum absolute atomic E-state index is 12.5. The lowest BCUT2D eigenvalue weighted by Crippen LogP contribution is -2.13. The molecule has 0 saturated carbocycles. The molecule has 0 bridgehead atoms. The molecule has 1 N–H and O–H groups in total. The summed E-state index contributed by atoms with van der Waals surface area (Å²) in [6.07, 6.45) is 3.76. The van der Waals surface area contributed by atoms with Crippen molar-refractivity contribution in [2.75, 3.05) is 19.0 Å². The van der Waals surface area contributed by atoms with Gasteiger partial charge in [0.05, 0.1) is 6.61 Å². The summed E-state index contributed by atoms with van der Waals surface area (Å²) in [7, 11) is 3.49. The number of ether oxygens (including phenoxy) is 1. The van der Waals surface area contributed by atoms with E-state index in [0.717, 1.165) is 17.4 Å². The minimum Gasteiger partial charge on any atom is -0.383 e. The summed E-state index contributed by atoms with van der Waals surface area (Å²) in [5.74, 6) is 0.386. The molecule has 0 saturated heterocycles. The summed E-state index contributed by atoms with van der Waals surface area (Å²) in [5.41, 5.74) is 1.66. The van der Waals surface area contributed by atoms with Gasteiger partial charge in [-0.05, 0) is 18.2 Å². The topological polar surface area (TPSA) is 61.1 Å². The molecule has 0 aliphatic rings. The molecule has 1 aromatic carbocycles. The SMILES string of the molecule is COCCn1ccc2c(C(=O)Nc3ccn(C)n3)cccc21. The van der Waals surface area contributed by atoms with Crippen LogP contribution in [0.2, 0.25) is 0 Å². The van der Waals surface area contributed by atoms with Gasteiger partial charge in [0, 0.05) is 55.6 Å². The molecule has 2 heterocycles. The van der Waals surface area contributed by atoms with Gasteiger partial charge >= 0.3 is 0 Å². The van der Waals surface area contributed by atoms with Crippen LogP contribution in [0.4, 0.5) is 5.82 Å². The van der Waals surface area contributed by atoms with Crippen molar-refractivity contribution >= 4 is 22.6 Å². The standard InChI is InChI=1S/C16H18N4O2/c1-19-8-7-15(18-19)17-16(21)13-4-3-5-14-12(13)6-9-20(14)10-11-22-2/h3-9H,10-11H2,1-2H3,(H,17,18,21). The molecule has 6 heteroatoms. The smallest absolute Gasteiger partial charge is 0.257 e. The molecule has 1 amide bonds. The molecule has 0 aliphatic carbocycles. The third kappa shape index (κ3) is 2.73. The highest BCUT2D eigenvalue weighted by Gasteiger charge is 2.13. The molecule has 3 aromatic rings. The van der Waals surface area contributed by atoms with Gasteiger partial charge in [-0.2, -0.15) is 5.10 Å². The third-order valence-electron chi connectivity index (χ3n) is 3.55. The summed E-state index contributed by atoms with van der Waals surface area (Å²) >= 11 is 0. The number of benzene rings is 1. The van der Waals surface area contributed by atoms with E-state index in [-0.39, 0.29) is 5.91 Å². The number of carbonyl (C=O) groups excluding carboxylic acids is 1. The fraction of sp³-hybridized carbons (Fsp3) is 0.250. The number of aryl methyl sites for hydroxylation is 1. The molecular formula is C16H18N4O2. The van der Waals surface area contributed by atoms with Crippen LogP contribution in [-0.4, -0.2) is 34.0 Å². The lowest BCUT2D eigenvalue weighted by molar-refractivity contribution is 0.102. The average molecular weight is 298 g/mol. The van der Waals surface area contributed by atoms with Gasteiger partial charge in [-0.25, -0.2) is 0 Å². The first kappa shape index (κ1) is 14.3. The van der Waals surface area contributed by atoms with E-state index in [2.05, 4.69) is 15.0 Å². The van der Waals surface area contributed by atoms with E-state index in [9.17, 15) is 4.79 Å². The third-order valence-corrected chi connectivity index (χ3v) is 3.55. The van der Waals surface area contributed by atoms with Gasteiger partial charge in [0.2, 0.25) is 0 Å². The van der Waals surface area contributed by atoms with Gasteiger partial charge in [-0.3, -0.25) is 9.48 Å². The van der Waals surface area contributed by atoms with Gasteiger partial charge in [-0.1, -0.05) is 6.07 Å². The van der Waals surface area contributed by atoms with Crippen molar-refractivity contribution in [3.8, 4) is 0 Å². The zero-order valence-electron chi connectivity index (χ0n) is 12.6. The van der Waals surface area contributed by atoms with Crippen molar-refractivity contribution in [3.63, 3.8) is 0 Å². The van der Waals surface area contributed by atoms with Crippen LogP contribution < -0.4 is 5.32 Å². The second kappa shape index (κ2) is 6.03. The number of carbonyl (C=O) groups is 1. The Bertz CT molecular complexity index is 803. The van der Waals surface area contributed by atoms with Crippen molar-refractivity contribution in [1.82, 2.24) is 14.3 Å². The van der Waals surface area contributed by atoms with Crippen molar-refractivity contribution < 1.29 is 9.53 Å². The molecule has 0 spiro atoms. The van der Waals surface area contributed by atoms with E-state index in [1.165, 1.54) is 0 Å². The van der Waals surface area contributed by atoms with E-state index < -0.39 is 0 Å². The molecule has 6 nitrogen and oxygen atoms in total. The summed E-state index contributed by atoms with van der Waals surface area (Å²) in [4.78, 5) is 12.5. The molecule has 114 valence electrons. The van der Waals surface area contributed by atoms with Crippen molar-refractivity contribution in [3.05, 3.63) is 48.3 Å². The number of hydrogen-bond acceptors (Lipinski definition) is 3. The summed E-state index contributed by atoms with van der Waals surface area (Å²) < 4.78 is 8.84. The first-order valence-corrected chi connectivity index (χ1v) is 7.07. The molecule has 22 heavy (non-hydrogen) atoms. The number of nitrogens with one attached hydrogen (secondary N) is 1. The predicted molar refractivity (Wildman–Crippen MR) is 85.0 cm³/mol. The number of anilines is 1. The number of methoxy groups -OCH3 is 1. The van der Waals surface area contributed by atoms with Crippen LogP contribution >= 0.6 is 0 Å². The van der Waals surface area contributed by atoms with Crippen LogP contribution in [0.5, 0.6) is 0 Å². The summed E-state index contributed by atoms with van der Waals surface area (Å²) in [6.45, 7) is 1.39. The average Bonchev–Trinajstić information content (AvgIpc) is 3.11. The zero-order valence-corrected chi connectivity index (χ0v) is 12.6. The number of fused-ring (bicyclic) bond motifs is 1. The molecule has 3 rings (SSSR count). The first-order valence-electron chi connectivity index (χ1n) is 7.07. The number of aromatic nitrogens is 3. The van der Waals surface area contributed by atoms with E-state index in [4.69, 9.17) is 4.74 Å². The van der Waals surface area contributed by atoms with E-state index in [1.54, 1.807) is 24.1 Å². The maximum Gasteiger partial charge on any atom is 0.257 e. The van der Waals surface area contributed by atoms with Crippen LogP contribution in [0.3, 0.4) is 0 Å². The Morgan fingerprint density at radius 2 is 2.14 bits per heavy atom. The molecule has 2 aromatic heterocycles. The fourth-order valence-electron chi connectivity index (χ4n) is 2.47. The highest BCUT2D eigenvalue weighted by Crippen LogP contribution is 2.21. The Morgan fingerprint density at radius 1 is 1.27 bits per heavy atom. The number of amides is 1. The minimum absolute atomic E-state index is 0.159. The Hall–Kier alpha value is -2.60. The van der Waals surface area contributed by atoms with Crippen LogP contribution in [0.25, 0.3) is 10.9 Å². The van der Waals surface area contributed by atoms with Gasteiger partial charge < -0.3 is 14.6 Å². The lowest BCUT2D eigenvalue weighted by Gasteiger charge is -2.07. The maximum atomic E-state index is 12.5. The normalized spacial score (nSPS) is 11.0. The molecule has 0 atom stereocenters. The van der Waals surface area contributed by atoms with Crippen LogP contribution in [0.15, 0.2) is 42.7 Å². The van der Waals surface area contributed by atoms with E-state index in [0.29, 0.717) is 18.0 Å². The summed E-state index contributed by atoms with van der Waals surface area (Å²) in [6, 6.07) is 9.43.